The van der Waals surface area contributed by atoms with E-state index in [1.807, 2.05) is 19.1 Å². The van der Waals surface area contributed by atoms with Crippen molar-refractivity contribution in [1.82, 2.24) is 15.3 Å². The van der Waals surface area contributed by atoms with E-state index in [0.717, 1.165) is 46.6 Å². The standard InChI is InChI=1S/C23H26N4O2S/c1-16-5-3-7-20(13-16)30-23-21(24-10-11-25-23)27-12-4-6-18(15-27)22(28)26-14-19-9-8-17(2)29-19/h3,5,7-11,13,18H,4,6,12,14-15H2,1-2H3,(H,26,28). The van der Waals surface area contributed by atoms with Crippen molar-refractivity contribution in [3.63, 3.8) is 0 Å². The largest absolute Gasteiger partial charge is 0.465 e. The minimum Gasteiger partial charge on any atom is -0.465 e. The van der Waals surface area contributed by atoms with E-state index in [-0.39, 0.29) is 11.8 Å². The van der Waals surface area contributed by atoms with E-state index in [0.29, 0.717) is 13.1 Å². The van der Waals surface area contributed by atoms with Crippen LogP contribution < -0.4 is 10.2 Å². The topological polar surface area (TPSA) is 71.3 Å². The second-order valence-electron chi connectivity index (χ2n) is 7.62. The van der Waals surface area contributed by atoms with Gasteiger partial charge in [-0.3, -0.25) is 4.79 Å². The number of benzene rings is 1. The van der Waals surface area contributed by atoms with Gasteiger partial charge in [0.05, 0.1) is 12.5 Å². The molecule has 0 bridgehead atoms. The van der Waals surface area contributed by atoms with Crippen molar-refractivity contribution in [1.29, 1.82) is 0 Å². The van der Waals surface area contributed by atoms with Crippen LogP contribution in [0.25, 0.3) is 0 Å². The van der Waals surface area contributed by atoms with Gasteiger partial charge in [0.25, 0.3) is 0 Å². The van der Waals surface area contributed by atoms with Gasteiger partial charge < -0.3 is 14.6 Å². The highest BCUT2D eigenvalue weighted by Gasteiger charge is 2.28. The summed E-state index contributed by atoms with van der Waals surface area (Å²) < 4.78 is 5.55. The van der Waals surface area contributed by atoms with Gasteiger partial charge in [-0.1, -0.05) is 29.5 Å². The first-order valence-corrected chi connectivity index (χ1v) is 11.0. The summed E-state index contributed by atoms with van der Waals surface area (Å²) in [6.45, 7) is 5.92. The van der Waals surface area contributed by atoms with Gasteiger partial charge in [-0.05, 0) is 51.0 Å². The predicted octanol–water partition coefficient (Wildman–Crippen LogP) is 4.37. The van der Waals surface area contributed by atoms with Crippen LogP contribution in [0.5, 0.6) is 0 Å². The van der Waals surface area contributed by atoms with Crippen LogP contribution in [0.1, 0.15) is 29.9 Å². The third-order valence-electron chi connectivity index (χ3n) is 5.18. The van der Waals surface area contributed by atoms with E-state index in [1.54, 1.807) is 24.2 Å². The summed E-state index contributed by atoms with van der Waals surface area (Å²) in [7, 11) is 0. The number of carbonyl (C=O) groups excluding carboxylic acids is 1. The molecule has 1 unspecified atom stereocenters. The summed E-state index contributed by atoms with van der Waals surface area (Å²) in [4.78, 5) is 25.3. The molecular weight excluding hydrogens is 396 g/mol. The molecule has 0 spiro atoms. The summed E-state index contributed by atoms with van der Waals surface area (Å²) in [6.07, 6.45) is 5.27. The lowest BCUT2D eigenvalue weighted by atomic mass is 9.97. The number of aryl methyl sites for hydroxylation is 2. The lowest BCUT2D eigenvalue weighted by Gasteiger charge is -2.33. The Hall–Kier alpha value is -2.80. The maximum absolute atomic E-state index is 12.7. The Kier molecular flexibility index (Phi) is 6.38. The summed E-state index contributed by atoms with van der Waals surface area (Å²) in [6, 6.07) is 12.2. The molecule has 1 amide bonds. The molecule has 0 radical (unpaired) electrons. The van der Waals surface area contributed by atoms with E-state index in [1.165, 1.54) is 5.56 Å². The van der Waals surface area contributed by atoms with Gasteiger partial charge in [-0.25, -0.2) is 9.97 Å². The highest BCUT2D eigenvalue weighted by molar-refractivity contribution is 7.99. The van der Waals surface area contributed by atoms with Crippen molar-refractivity contribution >= 4 is 23.5 Å². The van der Waals surface area contributed by atoms with Gasteiger partial charge in [0.15, 0.2) is 5.82 Å². The molecule has 3 heterocycles. The molecule has 4 rings (SSSR count). The molecular formula is C23H26N4O2S. The molecule has 7 heteroatoms. The molecule has 1 aliphatic heterocycles. The molecule has 6 nitrogen and oxygen atoms in total. The molecule has 0 saturated carbocycles. The van der Waals surface area contributed by atoms with Crippen molar-refractivity contribution in [2.24, 2.45) is 5.92 Å². The SMILES string of the molecule is Cc1cccc(Sc2nccnc2N2CCCC(C(=O)NCc3ccc(C)o3)C2)c1. The molecule has 0 aliphatic carbocycles. The number of nitrogens with one attached hydrogen (secondary N) is 1. The van der Waals surface area contributed by atoms with Gasteiger partial charge in [0, 0.05) is 30.4 Å². The van der Waals surface area contributed by atoms with Crippen molar-refractivity contribution in [2.45, 2.75) is 43.2 Å². The zero-order chi connectivity index (χ0) is 20.9. The van der Waals surface area contributed by atoms with Crippen molar-refractivity contribution in [3.05, 3.63) is 65.9 Å². The maximum Gasteiger partial charge on any atom is 0.225 e. The Morgan fingerprint density at radius 1 is 1.23 bits per heavy atom. The minimum absolute atomic E-state index is 0.0607. The molecule has 1 aliphatic rings. The van der Waals surface area contributed by atoms with Crippen LogP contribution in [0.3, 0.4) is 0 Å². The Labute approximate surface area is 181 Å². The lowest BCUT2D eigenvalue weighted by Crippen LogP contribution is -2.43. The van der Waals surface area contributed by atoms with Crippen LogP contribution in [0, 0.1) is 19.8 Å². The Morgan fingerprint density at radius 3 is 2.90 bits per heavy atom. The normalized spacial score (nSPS) is 16.5. The maximum atomic E-state index is 12.7. The summed E-state index contributed by atoms with van der Waals surface area (Å²) >= 11 is 1.61. The zero-order valence-electron chi connectivity index (χ0n) is 17.3. The van der Waals surface area contributed by atoms with E-state index in [4.69, 9.17) is 4.42 Å². The smallest absolute Gasteiger partial charge is 0.225 e. The predicted molar refractivity (Wildman–Crippen MR) is 118 cm³/mol. The van der Waals surface area contributed by atoms with Crippen LogP contribution >= 0.6 is 11.8 Å². The minimum atomic E-state index is -0.0753. The monoisotopic (exact) mass is 422 g/mol. The van der Waals surface area contributed by atoms with Crippen LogP contribution in [-0.4, -0.2) is 29.0 Å². The number of aromatic nitrogens is 2. The van der Waals surface area contributed by atoms with E-state index in [9.17, 15) is 4.79 Å². The molecule has 156 valence electrons. The highest BCUT2D eigenvalue weighted by atomic mass is 32.2. The number of rotatable bonds is 6. The average molecular weight is 423 g/mol. The second-order valence-corrected chi connectivity index (χ2v) is 8.68. The summed E-state index contributed by atoms with van der Waals surface area (Å²) in [5.41, 5.74) is 1.21. The van der Waals surface area contributed by atoms with Gasteiger partial charge >= 0.3 is 0 Å². The quantitative estimate of drug-likeness (QED) is 0.636. The summed E-state index contributed by atoms with van der Waals surface area (Å²) in [5.74, 6) is 2.46. The number of piperidine rings is 1. The average Bonchev–Trinajstić information content (AvgIpc) is 3.18. The van der Waals surface area contributed by atoms with Crippen molar-refractivity contribution < 1.29 is 9.21 Å². The molecule has 2 aromatic heterocycles. The summed E-state index contributed by atoms with van der Waals surface area (Å²) in [5, 5.41) is 3.88. The zero-order valence-corrected chi connectivity index (χ0v) is 18.1. The number of amides is 1. The van der Waals surface area contributed by atoms with Crippen LogP contribution in [0.4, 0.5) is 5.82 Å². The Morgan fingerprint density at radius 2 is 2.10 bits per heavy atom. The molecule has 1 atom stereocenters. The number of nitrogens with zero attached hydrogens (tertiary/aromatic N) is 3. The fourth-order valence-corrected chi connectivity index (χ4v) is 4.68. The Bertz CT molecular complexity index is 1020. The highest BCUT2D eigenvalue weighted by Crippen LogP contribution is 2.34. The third kappa shape index (κ3) is 5.02. The molecule has 3 aromatic rings. The van der Waals surface area contributed by atoms with Crippen LogP contribution in [0.15, 0.2) is 63.1 Å². The first-order chi connectivity index (χ1) is 14.6. The fourth-order valence-electron chi connectivity index (χ4n) is 3.68. The van der Waals surface area contributed by atoms with Gasteiger partial charge in [-0.2, -0.15) is 0 Å². The van der Waals surface area contributed by atoms with Crippen molar-refractivity contribution in [3.8, 4) is 0 Å². The lowest BCUT2D eigenvalue weighted by molar-refractivity contribution is -0.125. The first kappa shape index (κ1) is 20.5. The third-order valence-corrected chi connectivity index (χ3v) is 6.15. The molecule has 1 aromatic carbocycles. The molecule has 30 heavy (non-hydrogen) atoms. The van der Waals surface area contributed by atoms with Gasteiger partial charge in [0.1, 0.15) is 16.5 Å². The molecule has 1 N–H and O–H groups in total. The number of hydrogen-bond donors (Lipinski definition) is 1. The van der Waals surface area contributed by atoms with Gasteiger partial charge in [-0.15, -0.1) is 0 Å². The first-order valence-electron chi connectivity index (χ1n) is 10.2. The van der Waals surface area contributed by atoms with Crippen LogP contribution in [-0.2, 0) is 11.3 Å². The number of hydrogen-bond acceptors (Lipinski definition) is 6. The van der Waals surface area contributed by atoms with E-state index < -0.39 is 0 Å². The van der Waals surface area contributed by atoms with Crippen LogP contribution in [0.2, 0.25) is 0 Å². The van der Waals surface area contributed by atoms with Gasteiger partial charge in [0.2, 0.25) is 5.91 Å². The second kappa shape index (κ2) is 9.34. The fraction of sp³-hybridized carbons (Fsp3) is 0.348. The van der Waals surface area contributed by atoms with E-state index >= 15 is 0 Å². The molecule has 1 saturated heterocycles. The van der Waals surface area contributed by atoms with Crippen molar-refractivity contribution in [2.75, 3.05) is 18.0 Å². The van der Waals surface area contributed by atoms with E-state index in [2.05, 4.69) is 51.4 Å². The number of anilines is 1. The number of carbonyl (C=O) groups is 1. The molecule has 1 fully saturated rings. The Balaban J connectivity index is 1.43. The number of furan rings is 1.